The molecule has 2 rings (SSSR count). The van der Waals surface area contributed by atoms with E-state index < -0.39 is 5.60 Å². The second kappa shape index (κ2) is 6.05. The lowest BCUT2D eigenvalue weighted by Crippen LogP contribution is -2.41. The average Bonchev–Trinajstić information content (AvgIpc) is 2.80. The third-order valence-electron chi connectivity index (χ3n) is 3.55. The summed E-state index contributed by atoms with van der Waals surface area (Å²) in [6, 6.07) is 0. The summed E-state index contributed by atoms with van der Waals surface area (Å²) in [5, 5.41) is 4.62. The smallest absolute Gasteiger partial charge is 0.410 e. The number of ether oxygens (including phenoxy) is 1. The van der Waals surface area contributed by atoms with E-state index in [4.69, 9.17) is 10.5 Å². The molecule has 2 heterocycles. The minimum atomic E-state index is -0.478. The summed E-state index contributed by atoms with van der Waals surface area (Å²) in [6.45, 7) is 10.3. The van der Waals surface area contributed by atoms with E-state index >= 15 is 0 Å². The zero-order chi connectivity index (χ0) is 15.6. The molecule has 2 N–H and O–H groups in total. The number of fused-ring (bicyclic) bond motifs is 1. The topological polar surface area (TPSA) is 73.4 Å². The van der Waals surface area contributed by atoms with Crippen molar-refractivity contribution in [2.45, 2.75) is 58.7 Å². The van der Waals surface area contributed by atoms with Crippen LogP contribution in [-0.2, 0) is 17.8 Å². The van der Waals surface area contributed by atoms with Crippen LogP contribution < -0.4 is 5.73 Å². The summed E-state index contributed by atoms with van der Waals surface area (Å²) in [6.07, 6.45) is 2.59. The van der Waals surface area contributed by atoms with Gasteiger partial charge in [-0.15, -0.1) is 0 Å². The zero-order valence-electron chi connectivity index (χ0n) is 13.4. The SMILES string of the molecule is CCn1cc2c(n1)C(CCN)CN(C(=O)OC(C)(C)C)C2. The molecule has 6 heteroatoms. The molecule has 0 saturated carbocycles. The third-order valence-corrected chi connectivity index (χ3v) is 3.55. The van der Waals surface area contributed by atoms with E-state index in [-0.39, 0.29) is 12.0 Å². The summed E-state index contributed by atoms with van der Waals surface area (Å²) in [5.41, 5.74) is 7.42. The lowest BCUT2D eigenvalue weighted by atomic mass is 9.94. The maximum atomic E-state index is 12.3. The molecule has 21 heavy (non-hydrogen) atoms. The standard InChI is InChI=1S/C15H26N4O2/c1-5-19-10-12-9-18(14(20)21-15(2,3)4)8-11(6-7-16)13(12)17-19/h10-11H,5-9,16H2,1-4H3. The fourth-order valence-corrected chi connectivity index (χ4v) is 2.62. The molecule has 1 atom stereocenters. The van der Waals surface area contributed by atoms with Gasteiger partial charge in [-0.3, -0.25) is 4.68 Å². The normalized spacial score (nSPS) is 18.5. The second-order valence-corrected chi connectivity index (χ2v) is 6.53. The van der Waals surface area contributed by atoms with Gasteiger partial charge in [0, 0.05) is 30.8 Å². The van der Waals surface area contributed by atoms with Crippen LogP contribution in [0.3, 0.4) is 0 Å². The number of rotatable bonds is 3. The van der Waals surface area contributed by atoms with Gasteiger partial charge in [0.2, 0.25) is 0 Å². The summed E-state index contributed by atoms with van der Waals surface area (Å²) >= 11 is 0. The Morgan fingerprint density at radius 3 is 2.81 bits per heavy atom. The Kier molecular flexibility index (Phi) is 4.56. The fourth-order valence-electron chi connectivity index (χ4n) is 2.62. The second-order valence-electron chi connectivity index (χ2n) is 6.53. The van der Waals surface area contributed by atoms with Crippen LogP contribution in [0.5, 0.6) is 0 Å². The van der Waals surface area contributed by atoms with Gasteiger partial charge in [-0.2, -0.15) is 5.10 Å². The minimum absolute atomic E-state index is 0.194. The van der Waals surface area contributed by atoms with Crippen LogP contribution in [0.25, 0.3) is 0 Å². The predicted octanol–water partition coefficient (Wildman–Crippen LogP) is 2.09. The summed E-state index contributed by atoms with van der Waals surface area (Å²) in [5.74, 6) is 0.194. The van der Waals surface area contributed by atoms with Gasteiger partial charge in [0.05, 0.1) is 12.2 Å². The van der Waals surface area contributed by atoms with Crippen molar-refractivity contribution in [2.24, 2.45) is 5.73 Å². The third kappa shape index (κ3) is 3.75. The Morgan fingerprint density at radius 1 is 1.52 bits per heavy atom. The molecule has 1 amide bonds. The van der Waals surface area contributed by atoms with Crippen molar-refractivity contribution < 1.29 is 9.53 Å². The van der Waals surface area contributed by atoms with E-state index in [0.29, 0.717) is 19.6 Å². The lowest BCUT2D eigenvalue weighted by Gasteiger charge is -2.33. The zero-order valence-corrected chi connectivity index (χ0v) is 13.4. The maximum absolute atomic E-state index is 12.3. The number of carbonyl (C=O) groups is 1. The van der Waals surface area contributed by atoms with Crippen LogP contribution in [0, 0.1) is 0 Å². The van der Waals surface area contributed by atoms with E-state index in [1.807, 2.05) is 31.6 Å². The van der Waals surface area contributed by atoms with Crippen molar-refractivity contribution in [3.63, 3.8) is 0 Å². The molecule has 1 aliphatic heterocycles. The first-order valence-electron chi connectivity index (χ1n) is 7.58. The molecule has 6 nitrogen and oxygen atoms in total. The Labute approximate surface area is 126 Å². The summed E-state index contributed by atoms with van der Waals surface area (Å²) in [7, 11) is 0. The molecule has 0 saturated heterocycles. The molecule has 0 bridgehead atoms. The van der Waals surface area contributed by atoms with Gasteiger partial charge in [0.25, 0.3) is 0 Å². The molecule has 1 aromatic rings. The highest BCUT2D eigenvalue weighted by Crippen LogP contribution is 2.30. The first-order chi connectivity index (χ1) is 9.84. The Bertz CT molecular complexity index is 504. The van der Waals surface area contributed by atoms with Crippen molar-refractivity contribution in [3.8, 4) is 0 Å². The molecule has 118 valence electrons. The molecular weight excluding hydrogens is 268 g/mol. The van der Waals surface area contributed by atoms with Gasteiger partial charge in [-0.1, -0.05) is 0 Å². The number of hydrogen-bond acceptors (Lipinski definition) is 4. The highest BCUT2D eigenvalue weighted by Gasteiger charge is 2.32. The van der Waals surface area contributed by atoms with Crippen LogP contribution in [-0.4, -0.2) is 39.5 Å². The number of amides is 1. The molecule has 1 aliphatic rings. The van der Waals surface area contributed by atoms with Gasteiger partial charge in [-0.05, 0) is 40.7 Å². The van der Waals surface area contributed by atoms with Gasteiger partial charge in [0.15, 0.2) is 0 Å². The maximum Gasteiger partial charge on any atom is 0.410 e. The van der Waals surface area contributed by atoms with Crippen molar-refractivity contribution >= 4 is 6.09 Å². The summed E-state index contributed by atoms with van der Waals surface area (Å²) in [4.78, 5) is 14.1. The van der Waals surface area contributed by atoms with Crippen LogP contribution in [0.2, 0.25) is 0 Å². The minimum Gasteiger partial charge on any atom is -0.444 e. The van der Waals surface area contributed by atoms with Crippen molar-refractivity contribution in [2.75, 3.05) is 13.1 Å². The van der Waals surface area contributed by atoms with E-state index in [1.54, 1.807) is 4.90 Å². The number of carbonyl (C=O) groups excluding carboxylic acids is 1. The van der Waals surface area contributed by atoms with Gasteiger partial charge >= 0.3 is 6.09 Å². The highest BCUT2D eigenvalue weighted by atomic mass is 16.6. The van der Waals surface area contributed by atoms with Crippen LogP contribution in [0.1, 0.15) is 51.3 Å². The Hall–Kier alpha value is -1.56. The lowest BCUT2D eigenvalue weighted by molar-refractivity contribution is 0.0203. The van der Waals surface area contributed by atoms with Crippen molar-refractivity contribution in [3.05, 3.63) is 17.5 Å². The first kappa shape index (κ1) is 15.8. The quantitative estimate of drug-likeness (QED) is 0.926. The van der Waals surface area contributed by atoms with Crippen LogP contribution in [0.15, 0.2) is 6.20 Å². The number of hydrogen-bond donors (Lipinski definition) is 1. The molecule has 0 aromatic carbocycles. The Morgan fingerprint density at radius 2 is 2.24 bits per heavy atom. The van der Waals surface area contributed by atoms with Gasteiger partial charge in [-0.25, -0.2) is 4.79 Å². The van der Waals surface area contributed by atoms with Gasteiger partial charge < -0.3 is 15.4 Å². The molecule has 0 radical (unpaired) electrons. The highest BCUT2D eigenvalue weighted by molar-refractivity contribution is 5.68. The predicted molar refractivity (Wildman–Crippen MR) is 81.0 cm³/mol. The van der Waals surface area contributed by atoms with E-state index in [2.05, 4.69) is 12.0 Å². The molecule has 0 fully saturated rings. The molecule has 1 aromatic heterocycles. The molecular formula is C15H26N4O2. The molecule has 0 spiro atoms. The largest absolute Gasteiger partial charge is 0.444 e. The fraction of sp³-hybridized carbons (Fsp3) is 0.733. The summed E-state index contributed by atoms with van der Waals surface area (Å²) < 4.78 is 7.40. The van der Waals surface area contributed by atoms with Crippen molar-refractivity contribution in [1.29, 1.82) is 0 Å². The Balaban J connectivity index is 2.19. The monoisotopic (exact) mass is 294 g/mol. The number of nitrogens with two attached hydrogens (primary N) is 1. The van der Waals surface area contributed by atoms with Crippen molar-refractivity contribution in [1.82, 2.24) is 14.7 Å². The number of aromatic nitrogens is 2. The van der Waals surface area contributed by atoms with Crippen LogP contribution >= 0.6 is 0 Å². The molecule has 1 unspecified atom stereocenters. The number of aryl methyl sites for hydroxylation is 1. The van der Waals surface area contributed by atoms with E-state index in [0.717, 1.165) is 24.2 Å². The van der Waals surface area contributed by atoms with E-state index in [1.165, 1.54) is 0 Å². The van der Waals surface area contributed by atoms with E-state index in [9.17, 15) is 4.79 Å². The number of nitrogens with zero attached hydrogens (tertiary/aromatic N) is 3. The van der Waals surface area contributed by atoms with Crippen LogP contribution in [0.4, 0.5) is 4.79 Å². The first-order valence-corrected chi connectivity index (χ1v) is 7.58. The van der Waals surface area contributed by atoms with Gasteiger partial charge in [0.1, 0.15) is 5.60 Å². The molecule has 0 aliphatic carbocycles. The average molecular weight is 294 g/mol.